The van der Waals surface area contributed by atoms with Gasteiger partial charge < -0.3 is 19.9 Å². The molecular formula is C16H17NO4. The lowest BCUT2D eigenvalue weighted by molar-refractivity contribution is 0.0947. The van der Waals surface area contributed by atoms with Crippen LogP contribution >= 0.6 is 0 Å². The lowest BCUT2D eigenvalue weighted by Gasteiger charge is -2.12. The van der Waals surface area contributed by atoms with E-state index in [0.717, 1.165) is 5.56 Å². The number of carbonyl (C=O) groups excluding carboxylic acids is 1. The van der Waals surface area contributed by atoms with Gasteiger partial charge in [0, 0.05) is 6.54 Å². The topological polar surface area (TPSA) is 67.8 Å². The molecule has 0 spiro atoms. The molecule has 1 amide bonds. The van der Waals surface area contributed by atoms with Gasteiger partial charge >= 0.3 is 0 Å². The van der Waals surface area contributed by atoms with E-state index >= 15 is 0 Å². The van der Waals surface area contributed by atoms with E-state index in [4.69, 9.17) is 9.47 Å². The highest BCUT2D eigenvalue weighted by Crippen LogP contribution is 2.30. The quantitative estimate of drug-likeness (QED) is 0.885. The highest BCUT2D eigenvalue weighted by Gasteiger charge is 2.15. The second-order valence-corrected chi connectivity index (χ2v) is 4.39. The molecule has 110 valence electrons. The Balaban J connectivity index is 2.14. The van der Waals surface area contributed by atoms with Gasteiger partial charge in [-0.05, 0) is 29.8 Å². The zero-order chi connectivity index (χ0) is 15.2. The van der Waals surface area contributed by atoms with E-state index in [-0.39, 0.29) is 11.7 Å². The van der Waals surface area contributed by atoms with Crippen molar-refractivity contribution >= 4 is 5.91 Å². The zero-order valence-corrected chi connectivity index (χ0v) is 11.9. The molecule has 5 nitrogen and oxygen atoms in total. The second-order valence-electron chi connectivity index (χ2n) is 4.39. The highest BCUT2D eigenvalue weighted by molar-refractivity contribution is 5.97. The summed E-state index contributed by atoms with van der Waals surface area (Å²) in [5.41, 5.74) is 1.21. The molecule has 2 aromatic carbocycles. The number of methoxy groups -OCH3 is 2. The van der Waals surface area contributed by atoms with Crippen LogP contribution in [0.1, 0.15) is 15.9 Å². The average Bonchev–Trinajstić information content (AvgIpc) is 2.51. The Morgan fingerprint density at radius 2 is 1.90 bits per heavy atom. The number of ether oxygens (including phenoxy) is 2. The fourth-order valence-electron chi connectivity index (χ4n) is 2.01. The first-order chi connectivity index (χ1) is 10.2. The molecule has 0 atom stereocenters. The molecule has 0 radical (unpaired) electrons. The van der Waals surface area contributed by atoms with E-state index < -0.39 is 0 Å². The van der Waals surface area contributed by atoms with Crippen LogP contribution in [0.15, 0.2) is 42.5 Å². The van der Waals surface area contributed by atoms with Crippen LogP contribution in [0, 0.1) is 0 Å². The van der Waals surface area contributed by atoms with E-state index in [1.54, 1.807) is 36.4 Å². The van der Waals surface area contributed by atoms with Gasteiger partial charge in [-0.15, -0.1) is 0 Å². The van der Waals surface area contributed by atoms with E-state index in [1.807, 2.05) is 6.07 Å². The number of aromatic hydroxyl groups is 1. The Labute approximate surface area is 123 Å². The molecule has 2 N–H and O–H groups in total. The van der Waals surface area contributed by atoms with Crippen molar-refractivity contribution in [2.45, 2.75) is 6.54 Å². The number of phenolic OH excluding ortho intramolecular Hbond substituents is 1. The van der Waals surface area contributed by atoms with Crippen LogP contribution in [0.2, 0.25) is 0 Å². The van der Waals surface area contributed by atoms with Crippen molar-refractivity contribution in [1.29, 1.82) is 0 Å². The average molecular weight is 287 g/mol. The van der Waals surface area contributed by atoms with Crippen molar-refractivity contribution < 1.29 is 19.4 Å². The Morgan fingerprint density at radius 1 is 1.14 bits per heavy atom. The van der Waals surface area contributed by atoms with E-state index in [0.29, 0.717) is 23.6 Å². The van der Waals surface area contributed by atoms with Crippen LogP contribution in [0.25, 0.3) is 0 Å². The molecular weight excluding hydrogens is 270 g/mol. The summed E-state index contributed by atoms with van der Waals surface area (Å²) in [5.74, 6) is 0.797. The van der Waals surface area contributed by atoms with Crippen LogP contribution < -0.4 is 14.8 Å². The first-order valence-corrected chi connectivity index (χ1v) is 6.42. The number of phenols is 1. The Bertz CT molecular complexity index is 640. The number of hydrogen-bond donors (Lipinski definition) is 2. The van der Waals surface area contributed by atoms with Crippen LogP contribution in [0.3, 0.4) is 0 Å². The summed E-state index contributed by atoms with van der Waals surface area (Å²) in [6.45, 7) is 0.313. The third-order valence-electron chi connectivity index (χ3n) is 3.01. The molecule has 0 saturated heterocycles. The number of carbonyl (C=O) groups is 1. The molecule has 0 unspecified atom stereocenters. The molecule has 0 aliphatic heterocycles. The smallest absolute Gasteiger partial charge is 0.255 e. The van der Waals surface area contributed by atoms with Crippen LogP contribution in [0.5, 0.6) is 17.2 Å². The van der Waals surface area contributed by atoms with Crippen molar-refractivity contribution in [3.63, 3.8) is 0 Å². The molecule has 21 heavy (non-hydrogen) atoms. The molecule has 0 aliphatic rings. The maximum Gasteiger partial charge on any atom is 0.255 e. The minimum atomic E-state index is -0.269. The number of nitrogens with one attached hydrogen (secondary N) is 1. The summed E-state index contributed by atoms with van der Waals surface area (Å²) in [7, 11) is 3.01. The minimum Gasteiger partial charge on any atom is -0.508 e. The standard InChI is InChI=1S/C16H17NO4/c1-20-14-8-4-7-13(15(14)21-2)16(19)17-10-11-5-3-6-12(18)9-11/h3-9,18H,10H2,1-2H3,(H,17,19). The van der Waals surface area contributed by atoms with Crippen molar-refractivity contribution in [2.24, 2.45) is 0 Å². The van der Waals surface area contributed by atoms with Crippen molar-refractivity contribution in [1.82, 2.24) is 5.32 Å². The van der Waals surface area contributed by atoms with Gasteiger partial charge in [0.15, 0.2) is 11.5 Å². The fraction of sp³-hybridized carbons (Fsp3) is 0.188. The largest absolute Gasteiger partial charge is 0.508 e. The third kappa shape index (κ3) is 3.45. The van der Waals surface area contributed by atoms with Gasteiger partial charge in [0.05, 0.1) is 19.8 Å². The Kier molecular flexibility index (Phi) is 4.66. The van der Waals surface area contributed by atoms with E-state index in [9.17, 15) is 9.90 Å². The molecule has 0 saturated carbocycles. The summed E-state index contributed by atoms with van der Waals surface area (Å²) < 4.78 is 10.4. The predicted molar refractivity (Wildman–Crippen MR) is 78.8 cm³/mol. The van der Waals surface area contributed by atoms with E-state index in [2.05, 4.69) is 5.32 Å². The SMILES string of the molecule is COc1cccc(C(=O)NCc2cccc(O)c2)c1OC. The van der Waals surface area contributed by atoms with Gasteiger partial charge in [-0.1, -0.05) is 18.2 Å². The minimum absolute atomic E-state index is 0.167. The third-order valence-corrected chi connectivity index (χ3v) is 3.01. The molecule has 0 bridgehead atoms. The Morgan fingerprint density at radius 3 is 2.57 bits per heavy atom. The predicted octanol–water partition coefficient (Wildman–Crippen LogP) is 2.34. The molecule has 0 heterocycles. The second kappa shape index (κ2) is 6.65. The summed E-state index contributed by atoms with van der Waals surface area (Å²) >= 11 is 0. The summed E-state index contributed by atoms with van der Waals surface area (Å²) in [5, 5.41) is 12.2. The number of hydrogen-bond acceptors (Lipinski definition) is 4. The van der Waals surface area contributed by atoms with Gasteiger partial charge in [-0.3, -0.25) is 4.79 Å². The van der Waals surface area contributed by atoms with Crippen molar-refractivity contribution in [3.05, 3.63) is 53.6 Å². The van der Waals surface area contributed by atoms with Crippen LogP contribution in [-0.4, -0.2) is 25.2 Å². The normalized spacial score (nSPS) is 10.0. The number of benzene rings is 2. The van der Waals surface area contributed by atoms with Gasteiger partial charge in [0.25, 0.3) is 5.91 Å². The highest BCUT2D eigenvalue weighted by atomic mass is 16.5. The van der Waals surface area contributed by atoms with E-state index in [1.165, 1.54) is 14.2 Å². The molecule has 2 rings (SSSR count). The molecule has 0 aliphatic carbocycles. The van der Waals surface area contributed by atoms with Gasteiger partial charge in [-0.2, -0.15) is 0 Å². The maximum absolute atomic E-state index is 12.2. The summed E-state index contributed by atoms with van der Waals surface area (Å²) in [4.78, 5) is 12.2. The first-order valence-electron chi connectivity index (χ1n) is 6.42. The number of para-hydroxylation sites is 1. The lowest BCUT2D eigenvalue weighted by Crippen LogP contribution is -2.23. The summed E-state index contributed by atoms with van der Waals surface area (Å²) in [6, 6.07) is 11.8. The van der Waals surface area contributed by atoms with Gasteiger partial charge in [0.2, 0.25) is 0 Å². The fourth-order valence-corrected chi connectivity index (χ4v) is 2.01. The van der Waals surface area contributed by atoms with Crippen LogP contribution in [0.4, 0.5) is 0 Å². The van der Waals surface area contributed by atoms with Crippen LogP contribution in [-0.2, 0) is 6.54 Å². The van der Waals surface area contributed by atoms with Crippen molar-refractivity contribution in [2.75, 3.05) is 14.2 Å². The maximum atomic E-state index is 12.2. The van der Waals surface area contributed by atoms with Crippen molar-refractivity contribution in [3.8, 4) is 17.2 Å². The molecule has 0 aromatic heterocycles. The zero-order valence-electron chi connectivity index (χ0n) is 11.9. The van der Waals surface area contributed by atoms with Gasteiger partial charge in [-0.25, -0.2) is 0 Å². The summed E-state index contributed by atoms with van der Waals surface area (Å²) in [6.07, 6.45) is 0. The molecule has 2 aromatic rings. The first kappa shape index (κ1) is 14.7. The van der Waals surface area contributed by atoms with Gasteiger partial charge in [0.1, 0.15) is 5.75 Å². The lowest BCUT2D eigenvalue weighted by atomic mass is 10.1. The number of rotatable bonds is 5. The number of amides is 1. The molecule has 0 fully saturated rings. The monoisotopic (exact) mass is 287 g/mol. The Hall–Kier alpha value is -2.69. The molecule has 5 heteroatoms.